The van der Waals surface area contributed by atoms with E-state index in [9.17, 15) is 9.59 Å². The number of methoxy groups -OCH3 is 1. The maximum Gasteiger partial charge on any atom is 0.328 e. The number of nitrogens with one attached hydrogen (secondary N) is 2. The van der Waals surface area contributed by atoms with Crippen LogP contribution in [-0.4, -0.2) is 38.1 Å². The molecule has 0 saturated carbocycles. The molecule has 1 aliphatic rings. The highest BCUT2D eigenvalue weighted by Gasteiger charge is 2.27. The van der Waals surface area contributed by atoms with E-state index >= 15 is 0 Å². The number of esters is 1. The van der Waals surface area contributed by atoms with Crippen molar-refractivity contribution in [2.24, 2.45) is 11.8 Å². The maximum absolute atomic E-state index is 12.1. The van der Waals surface area contributed by atoms with Crippen LogP contribution in [-0.2, 0) is 14.3 Å². The van der Waals surface area contributed by atoms with Crippen LogP contribution in [0.4, 0.5) is 0 Å². The molecule has 2 atom stereocenters. The van der Waals surface area contributed by atoms with Gasteiger partial charge in [0.25, 0.3) is 0 Å². The summed E-state index contributed by atoms with van der Waals surface area (Å²) in [5, 5.41) is 6.01. The molecule has 0 bridgehead atoms. The summed E-state index contributed by atoms with van der Waals surface area (Å²) in [6, 6.07) is -0.524. The summed E-state index contributed by atoms with van der Waals surface area (Å²) in [6.07, 6.45) is 2.50. The van der Waals surface area contributed by atoms with Gasteiger partial charge in [-0.2, -0.15) is 0 Å². The number of hydrogen-bond acceptors (Lipinski definition) is 4. The normalized spacial score (nSPS) is 21.4. The lowest BCUT2D eigenvalue weighted by molar-refractivity contribution is -0.146. The highest BCUT2D eigenvalue weighted by molar-refractivity contribution is 5.85. The summed E-state index contributed by atoms with van der Waals surface area (Å²) >= 11 is 0. The third-order valence-corrected chi connectivity index (χ3v) is 3.18. The van der Waals surface area contributed by atoms with Gasteiger partial charge in [-0.3, -0.25) is 4.79 Å². The van der Waals surface area contributed by atoms with Crippen LogP contribution >= 0.6 is 0 Å². The second kappa shape index (κ2) is 7.36. The number of hydrogen-bond donors (Lipinski definition) is 2. The molecule has 18 heavy (non-hydrogen) atoms. The lowest BCUT2D eigenvalue weighted by Crippen LogP contribution is -2.48. The summed E-state index contributed by atoms with van der Waals surface area (Å²) in [7, 11) is 1.35. The van der Waals surface area contributed by atoms with Gasteiger partial charge in [0.1, 0.15) is 6.04 Å². The molecule has 1 amide bonds. The average molecular weight is 256 g/mol. The topological polar surface area (TPSA) is 67.4 Å². The predicted octanol–water partition coefficient (Wildman–Crippen LogP) is 0.690. The Morgan fingerprint density at radius 2 is 2.17 bits per heavy atom. The van der Waals surface area contributed by atoms with E-state index in [1.807, 2.05) is 13.8 Å². The summed E-state index contributed by atoms with van der Waals surface area (Å²) in [5.74, 6) is -0.101. The van der Waals surface area contributed by atoms with Gasteiger partial charge in [0.15, 0.2) is 0 Å². The maximum atomic E-state index is 12.1. The summed E-state index contributed by atoms with van der Waals surface area (Å²) in [4.78, 5) is 23.7. The van der Waals surface area contributed by atoms with Crippen LogP contribution in [0.3, 0.4) is 0 Å². The smallest absolute Gasteiger partial charge is 0.328 e. The van der Waals surface area contributed by atoms with Crippen molar-refractivity contribution in [2.75, 3.05) is 20.2 Å². The Bertz CT molecular complexity index is 286. The minimum absolute atomic E-state index is 0.0296. The fraction of sp³-hybridized carbons (Fsp3) is 0.846. The van der Waals surface area contributed by atoms with E-state index in [0.29, 0.717) is 18.9 Å². The number of carbonyl (C=O) groups is 2. The zero-order chi connectivity index (χ0) is 13.5. The second-order valence-corrected chi connectivity index (χ2v) is 5.26. The van der Waals surface area contributed by atoms with Gasteiger partial charge >= 0.3 is 5.97 Å². The van der Waals surface area contributed by atoms with E-state index in [0.717, 1.165) is 19.4 Å². The Morgan fingerprint density at radius 3 is 2.67 bits per heavy atom. The van der Waals surface area contributed by atoms with Gasteiger partial charge in [-0.05, 0) is 31.7 Å². The molecule has 1 saturated heterocycles. The summed E-state index contributed by atoms with van der Waals surface area (Å²) in [6.45, 7) is 5.70. The first kappa shape index (κ1) is 15.0. The van der Waals surface area contributed by atoms with Gasteiger partial charge in [0.2, 0.25) is 5.91 Å². The molecule has 2 N–H and O–H groups in total. The lowest BCUT2D eigenvalue weighted by atomic mass is 9.97. The van der Waals surface area contributed by atoms with Gasteiger partial charge in [-0.15, -0.1) is 0 Å². The third-order valence-electron chi connectivity index (χ3n) is 3.18. The van der Waals surface area contributed by atoms with Crippen molar-refractivity contribution in [1.82, 2.24) is 10.6 Å². The Balaban J connectivity index is 2.52. The minimum Gasteiger partial charge on any atom is -0.467 e. The van der Waals surface area contributed by atoms with Crippen molar-refractivity contribution < 1.29 is 14.3 Å². The zero-order valence-corrected chi connectivity index (χ0v) is 11.5. The van der Waals surface area contributed by atoms with Crippen molar-refractivity contribution in [2.45, 2.75) is 39.2 Å². The van der Waals surface area contributed by atoms with Crippen molar-refractivity contribution in [1.29, 1.82) is 0 Å². The van der Waals surface area contributed by atoms with Crippen LogP contribution in [0, 0.1) is 11.8 Å². The first-order valence-corrected chi connectivity index (χ1v) is 6.63. The molecule has 0 aromatic heterocycles. The Morgan fingerprint density at radius 1 is 1.44 bits per heavy atom. The quantitative estimate of drug-likeness (QED) is 0.710. The molecule has 0 aromatic rings. The number of amides is 1. The number of carbonyl (C=O) groups excluding carboxylic acids is 2. The fourth-order valence-corrected chi connectivity index (χ4v) is 2.19. The average Bonchev–Trinajstić information content (AvgIpc) is 2.37. The molecule has 1 heterocycles. The third kappa shape index (κ3) is 4.64. The van der Waals surface area contributed by atoms with Crippen LogP contribution in [0.2, 0.25) is 0 Å². The van der Waals surface area contributed by atoms with Crippen molar-refractivity contribution in [3.8, 4) is 0 Å². The molecule has 0 aromatic carbocycles. The molecule has 104 valence electrons. The molecule has 0 radical (unpaired) electrons. The number of rotatable bonds is 5. The standard InChI is InChI=1S/C13H24N2O3/c1-9(2)7-11(13(17)18-3)15-12(16)10-5-4-6-14-8-10/h9-11,14H,4-8H2,1-3H3,(H,15,16). The summed E-state index contributed by atoms with van der Waals surface area (Å²) < 4.78 is 4.73. The van der Waals surface area contributed by atoms with E-state index in [1.54, 1.807) is 0 Å². The number of piperidine rings is 1. The molecular formula is C13H24N2O3. The molecule has 0 spiro atoms. The SMILES string of the molecule is COC(=O)C(CC(C)C)NC(=O)C1CCCNC1. The van der Waals surface area contributed by atoms with Gasteiger partial charge in [0, 0.05) is 6.54 Å². The molecular weight excluding hydrogens is 232 g/mol. The molecule has 5 heteroatoms. The molecule has 1 rings (SSSR count). The molecule has 5 nitrogen and oxygen atoms in total. The van der Waals surface area contributed by atoms with Crippen molar-refractivity contribution >= 4 is 11.9 Å². The first-order valence-electron chi connectivity index (χ1n) is 6.63. The molecule has 1 fully saturated rings. The number of ether oxygens (including phenoxy) is 1. The van der Waals surface area contributed by atoms with Crippen LogP contribution in [0.1, 0.15) is 33.1 Å². The minimum atomic E-state index is -0.524. The Labute approximate surface area is 109 Å². The van der Waals surface area contributed by atoms with E-state index in [4.69, 9.17) is 4.74 Å². The Kier molecular flexibility index (Phi) is 6.12. The largest absolute Gasteiger partial charge is 0.467 e. The highest BCUT2D eigenvalue weighted by atomic mass is 16.5. The monoisotopic (exact) mass is 256 g/mol. The molecule has 2 unspecified atom stereocenters. The van der Waals surface area contributed by atoms with Crippen LogP contribution in [0.15, 0.2) is 0 Å². The van der Waals surface area contributed by atoms with Crippen LogP contribution in [0.5, 0.6) is 0 Å². The highest BCUT2D eigenvalue weighted by Crippen LogP contribution is 2.12. The van der Waals surface area contributed by atoms with Crippen LogP contribution in [0.25, 0.3) is 0 Å². The van der Waals surface area contributed by atoms with E-state index < -0.39 is 6.04 Å². The predicted molar refractivity (Wildman–Crippen MR) is 69.0 cm³/mol. The van der Waals surface area contributed by atoms with Gasteiger partial charge in [0.05, 0.1) is 13.0 Å². The molecule has 1 aliphatic heterocycles. The molecule has 0 aliphatic carbocycles. The summed E-state index contributed by atoms with van der Waals surface area (Å²) in [5.41, 5.74) is 0. The zero-order valence-electron chi connectivity index (χ0n) is 11.5. The first-order chi connectivity index (χ1) is 8.54. The van der Waals surface area contributed by atoms with E-state index in [-0.39, 0.29) is 17.8 Å². The lowest BCUT2D eigenvalue weighted by Gasteiger charge is -2.25. The van der Waals surface area contributed by atoms with E-state index in [2.05, 4.69) is 10.6 Å². The van der Waals surface area contributed by atoms with Crippen molar-refractivity contribution in [3.05, 3.63) is 0 Å². The van der Waals surface area contributed by atoms with E-state index in [1.165, 1.54) is 7.11 Å². The van der Waals surface area contributed by atoms with Gasteiger partial charge in [-0.25, -0.2) is 4.79 Å². The van der Waals surface area contributed by atoms with Crippen LogP contribution < -0.4 is 10.6 Å². The fourth-order valence-electron chi connectivity index (χ4n) is 2.19. The second-order valence-electron chi connectivity index (χ2n) is 5.26. The van der Waals surface area contributed by atoms with Gasteiger partial charge < -0.3 is 15.4 Å². The Hall–Kier alpha value is -1.10. The van der Waals surface area contributed by atoms with Gasteiger partial charge in [-0.1, -0.05) is 13.8 Å². The van der Waals surface area contributed by atoms with Crippen molar-refractivity contribution in [3.63, 3.8) is 0 Å².